The summed E-state index contributed by atoms with van der Waals surface area (Å²) in [7, 11) is -3.18. The maximum atomic E-state index is 11.9. The van der Waals surface area contributed by atoms with Crippen molar-refractivity contribution in [1.82, 2.24) is 14.5 Å². The summed E-state index contributed by atoms with van der Waals surface area (Å²) in [6.45, 7) is 7.15. The lowest BCUT2D eigenvalue weighted by Crippen LogP contribution is -2.40. The second kappa shape index (κ2) is 9.47. The number of carbonyl (C=O) groups is 1. The molecule has 1 amide bonds. The summed E-state index contributed by atoms with van der Waals surface area (Å²) in [5.74, 6) is 0.0392. The molecular formula is C15H31N3O3S. The van der Waals surface area contributed by atoms with Gasteiger partial charge in [-0.1, -0.05) is 12.8 Å². The van der Waals surface area contributed by atoms with E-state index in [0.29, 0.717) is 26.1 Å². The predicted molar refractivity (Wildman–Crippen MR) is 89.2 cm³/mol. The highest BCUT2D eigenvalue weighted by atomic mass is 32.2. The maximum Gasteiger partial charge on any atom is 0.234 e. The highest BCUT2D eigenvalue weighted by Crippen LogP contribution is 2.09. The standard InChI is InChI=1S/C15H31N3O3S/c1-14(2)18(22(3,20)21)12-8-9-16-15(19)13-17-10-6-4-5-7-11-17/h14H,4-13H2,1-3H3,(H,16,19). The summed E-state index contributed by atoms with van der Waals surface area (Å²) in [5, 5.41) is 2.89. The molecule has 1 fully saturated rings. The smallest absolute Gasteiger partial charge is 0.234 e. The molecule has 0 aromatic heterocycles. The molecule has 1 saturated heterocycles. The molecule has 0 saturated carbocycles. The SMILES string of the molecule is CC(C)N(CCCNC(=O)CN1CCCCCC1)S(C)(=O)=O. The maximum absolute atomic E-state index is 11.9. The van der Waals surface area contributed by atoms with Gasteiger partial charge in [0.15, 0.2) is 0 Å². The Kier molecular flexibility index (Phi) is 8.35. The van der Waals surface area contributed by atoms with E-state index in [-0.39, 0.29) is 11.9 Å². The Hall–Kier alpha value is -0.660. The van der Waals surface area contributed by atoms with Gasteiger partial charge in [0.05, 0.1) is 12.8 Å². The van der Waals surface area contributed by atoms with Crippen molar-refractivity contribution in [3.05, 3.63) is 0 Å². The molecule has 22 heavy (non-hydrogen) atoms. The first-order valence-corrected chi connectivity index (χ1v) is 10.1. The van der Waals surface area contributed by atoms with E-state index in [1.54, 1.807) is 0 Å². The first kappa shape index (κ1) is 19.4. The number of sulfonamides is 1. The lowest BCUT2D eigenvalue weighted by molar-refractivity contribution is -0.122. The van der Waals surface area contributed by atoms with E-state index in [9.17, 15) is 13.2 Å². The molecule has 1 rings (SSSR count). The summed E-state index contributed by atoms with van der Waals surface area (Å²) < 4.78 is 24.7. The number of nitrogens with one attached hydrogen (secondary N) is 1. The molecule has 1 aliphatic rings. The number of amides is 1. The Bertz CT molecular complexity index is 429. The van der Waals surface area contributed by atoms with Crippen molar-refractivity contribution in [2.24, 2.45) is 0 Å². The third-order valence-electron chi connectivity index (χ3n) is 3.95. The van der Waals surface area contributed by atoms with Crippen LogP contribution in [0.3, 0.4) is 0 Å². The molecule has 0 radical (unpaired) electrons. The van der Waals surface area contributed by atoms with Gasteiger partial charge in [0, 0.05) is 19.1 Å². The average molecular weight is 333 g/mol. The Morgan fingerprint density at radius 1 is 1.18 bits per heavy atom. The third kappa shape index (κ3) is 7.56. The minimum atomic E-state index is -3.18. The summed E-state index contributed by atoms with van der Waals surface area (Å²) >= 11 is 0. The molecule has 1 heterocycles. The second-order valence-electron chi connectivity index (χ2n) is 6.36. The third-order valence-corrected chi connectivity index (χ3v) is 5.40. The predicted octanol–water partition coefficient (Wildman–Crippen LogP) is 1.04. The van der Waals surface area contributed by atoms with Gasteiger partial charge in [0.1, 0.15) is 0 Å². The number of likely N-dealkylation sites (tertiary alicyclic amines) is 1. The van der Waals surface area contributed by atoms with Crippen LogP contribution in [0, 0.1) is 0 Å². The van der Waals surface area contributed by atoms with Crippen LogP contribution in [0.2, 0.25) is 0 Å². The largest absolute Gasteiger partial charge is 0.355 e. The summed E-state index contributed by atoms with van der Waals surface area (Å²) in [6.07, 6.45) is 6.72. The van der Waals surface area contributed by atoms with E-state index in [2.05, 4.69) is 10.2 Å². The highest BCUT2D eigenvalue weighted by Gasteiger charge is 2.19. The van der Waals surface area contributed by atoms with Gasteiger partial charge in [-0.3, -0.25) is 9.69 Å². The molecule has 6 nitrogen and oxygen atoms in total. The Morgan fingerprint density at radius 2 is 1.77 bits per heavy atom. The number of rotatable bonds is 8. The van der Waals surface area contributed by atoms with Crippen LogP contribution in [-0.4, -0.2) is 68.6 Å². The van der Waals surface area contributed by atoms with Crippen molar-refractivity contribution >= 4 is 15.9 Å². The van der Waals surface area contributed by atoms with Crippen LogP contribution < -0.4 is 5.32 Å². The van der Waals surface area contributed by atoms with E-state index in [4.69, 9.17) is 0 Å². The second-order valence-corrected chi connectivity index (χ2v) is 8.30. The molecule has 0 bridgehead atoms. The van der Waals surface area contributed by atoms with Gasteiger partial charge in [0.25, 0.3) is 0 Å². The number of nitrogens with zero attached hydrogens (tertiary/aromatic N) is 2. The van der Waals surface area contributed by atoms with Crippen molar-refractivity contribution in [2.75, 3.05) is 39.0 Å². The van der Waals surface area contributed by atoms with E-state index < -0.39 is 10.0 Å². The van der Waals surface area contributed by atoms with Gasteiger partial charge in [0.2, 0.25) is 15.9 Å². The highest BCUT2D eigenvalue weighted by molar-refractivity contribution is 7.88. The number of carbonyl (C=O) groups excluding carboxylic acids is 1. The van der Waals surface area contributed by atoms with Gasteiger partial charge in [-0.15, -0.1) is 0 Å². The molecule has 1 N–H and O–H groups in total. The summed E-state index contributed by atoms with van der Waals surface area (Å²) in [5.41, 5.74) is 0. The van der Waals surface area contributed by atoms with Gasteiger partial charge >= 0.3 is 0 Å². The fraction of sp³-hybridized carbons (Fsp3) is 0.933. The number of hydrogen-bond donors (Lipinski definition) is 1. The first-order chi connectivity index (χ1) is 10.3. The van der Waals surface area contributed by atoms with E-state index in [1.807, 2.05) is 13.8 Å². The Labute approximate surface area is 135 Å². The van der Waals surface area contributed by atoms with Gasteiger partial charge in [-0.05, 0) is 46.2 Å². The van der Waals surface area contributed by atoms with Crippen LogP contribution in [0.15, 0.2) is 0 Å². The van der Waals surface area contributed by atoms with Gasteiger partial charge in [-0.25, -0.2) is 8.42 Å². The van der Waals surface area contributed by atoms with Crippen molar-refractivity contribution < 1.29 is 13.2 Å². The fourth-order valence-electron chi connectivity index (χ4n) is 2.82. The molecule has 0 unspecified atom stereocenters. The van der Waals surface area contributed by atoms with Crippen molar-refractivity contribution in [3.63, 3.8) is 0 Å². The molecule has 1 aliphatic heterocycles. The quantitative estimate of drug-likeness (QED) is 0.674. The summed E-state index contributed by atoms with van der Waals surface area (Å²) in [4.78, 5) is 14.1. The molecular weight excluding hydrogens is 302 g/mol. The monoisotopic (exact) mass is 333 g/mol. The lowest BCUT2D eigenvalue weighted by Gasteiger charge is -2.24. The number of hydrogen-bond acceptors (Lipinski definition) is 4. The minimum Gasteiger partial charge on any atom is -0.355 e. The Morgan fingerprint density at radius 3 is 2.27 bits per heavy atom. The van der Waals surface area contributed by atoms with Crippen molar-refractivity contribution in [1.29, 1.82) is 0 Å². The molecule has 0 atom stereocenters. The van der Waals surface area contributed by atoms with E-state index in [0.717, 1.165) is 13.1 Å². The van der Waals surface area contributed by atoms with E-state index >= 15 is 0 Å². The van der Waals surface area contributed by atoms with Gasteiger partial charge in [-0.2, -0.15) is 4.31 Å². The van der Waals surface area contributed by atoms with Crippen LogP contribution >= 0.6 is 0 Å². The molecule has 0 aliphatic carbocycles. The Balaban J connectivity index is 2.24. The normalized spacial score (nSPS) is 17.7. The molecule has 7 heteroatoms. The molecule has 0 aromatic rings. The fourth-order valence-corrected chi connectivity index (χ4v) is 4.05. The zero-order chi connectivity index (χ0) is 16.6. The zero-order valence-electron chi connectivity index (χ0n) is 14.2. The minimum absolute atomic E-state index is 0.0392. The molecule has 130 valence electrons. The molecule has 0 aromatic carbocycles. The average Bonchev–Trinajstić information content (AvgIpc) is 2.65. The van der Waals surface area contributed by atoms with Crippen LogP contribution in [0.25, 0.3) is 0 Å². The van der Waals surface area contributed by atoms with Crippen LogP contribution in [0.5, 0.6) is 0 Å². The van der Waals surface area contributed by atoms with Crippen LogP contribution in [-0.2, 0) is 14.8 Å². The first-order valence-electron chi connectivity index (χ1n) is 8.26. The van der Waals surface area contributed by atoms with Crippen LogP contribution in [0.1, 0.15) is 46.0 Å². The zero-order valence-corrected chi connectivity index (χ0v) is 15.0. The van der Waals surface area contributed by atoms with Gasteiger partial charge < -0.3 is 5.32 Å². The summed E-state index contributed by atoms with van der Waals surface area (Å²) in [6, 6.07) is -0.0530. The topological polar surface area (TPSA) is 69.7 Å². The molecule has 0 spiro atoms. The van der Waals surface area contributed by atoms with Crippen LogP contribution in [0.4, 0.5) is 0 Å². The van der Waals surface area contributed by atoms with Crippen molar-refractivity contribution in [3.8, 4) is 0 Å². The lowest BCUT2D eigenvalue weighted by atomic mass is 10.2. The van der Waals surface area contributed by atoms with Crippen molar-refractivity contribution in [2.45, 2.75) is 52.0 Å². The van der Waals surface area contributed by atoms with E-state index in [1.165, 1.54) is 36.2 Å².